The van der Waals surface area contributed by atoms with Gasteiger partial charge in [0.2, 0.25) is 0 Å². The van der Waals surface area contributed by atoms with E-state index in [2.05, 4.69) is 21.2 Å². The molecule has 1 aliphatic heterocycles. The molecule has 0 unspecified atom stereocenters. The Labute approximate surface area is 129 Å². The fourth-order valence-electron chi connectivity index (χ4n) is 2.17. The van der Waals surface area contributed by atoms with Gasteiger partial charge in [0.25, 0.3) is 5.91 Å². The first kappa shape index (κ1) is 16.3. The molecule has 21 heavy (non-hydrogen) atoms. The van der Waals surface area contributed by atoms with Gasteiger partial charge in [0.05, 0.1) is 5.56 Å². The number of hydrogen-bond acceptors (Lipinski definition) is 2. The summed E-state index contributed by atoms with van der Waals surface area (Å²) in [6.07, 6.45) is -2.78. The summed E-state index contributed by atoms with van der Waals surface area (Å²) in [4.78, 5) is 12.0. The van der Waals surface area contributed by atoms with E-state index in [1.807, 2.05) is 0 Å². The minimum atomic E-state index is -4.49. The van der Waals surface area contributed by atoms with E-state index in [1.54, 1.807) is 0 Å². The number of nitrogens with one attached hydrogen (secondary N) is 1. The molecular weight excluding hydrogens is 351 g/mol. The maximum atomic E-state index is 12.8. The van der Waals surface area contributed by atoms with Crippen molar-refractivity contribution in [1.29, 1.82) is 0 Å². The quantitative estimate of drug-likeness (QED) is 0.888. The fraction of sp³-hybridized carbons (Fsp3) is 0.500. The van der Waals surface area contributed by atoms with E-state index >= 15 is 0 Å². The number of rotatable bonds is 3. The molecule has 1 amide bonds. The molecule has 0 atom stereocenters. The zero-order valence-electron chi connectivity index (χ0n) is 11.2. The zero-order valence-corrected chi connectivity index (χ0v) is 12.8. The number of ether oxygens (including phenoxy) is 1. The molecule has 1 saturated heterocycles. The van der Waals surface area contributed by atoms with E-state index in [-0.39, 0.29) is 10.0 Å². The molecule has 0 bridgehead atoms. The van der Waals surface area contributed by atoms with Crippen LogP contribution in [0.5, 0.6) is 0 Å². The van der Waals surface area contributed by atoms with Crippen molar-refractivity contribution in [3.8, 4) is 0 Å². The highest BCUT2D eigenvalue weighted by Gasteiger charge is 2.33. The molecule has 0 radical (unpaired) electrons. The first-order valence-corrected chi connectivity index (χ1v) is 7.40. The standard InChI is InChI=1S/C14H15BrF3NO2/c15-12-2-1-10(7-11(12)14(16,17)18)13(20)19-8-9-3-5-21-6-4-9/h1-2,7,9H,3-6,8H2,(H,19,20). The Morgan fingerprint density at radius 3 is 2.62 bits per heavy atom. The van der Waals surface area contributed by atoms with Crippen molar-refractivity contribution < 1.29 is 22.7 Å². The van der Waals surface area contributed by atoms with E-state index in [0.29, 0.717) is 25.7 Å². The molecule has 1 aromatic carbocycles. The van der Waals surface area contributed by atoms with Crippen LogP contribution in [-0.2, 0) is 10.9 Å². The van der Waals surface area contributed by atoms with Gasteiger partial charge in [-0.05, 0) is 37.0 Å². The van der Waals surface area contributed by atoms with Gasteiger partial charge in [0.1, 0.15) is 0 Å². The number of carbonyl (C=O) groups excluding carboxylic acids is 1. The highest BCUT2D eigenvalue weighted by molar-refractivity contribution is 9.10. The molecule has 0 aliphatic carbocycles. The van der Waals surface area contributed by atoms with E-state index < -0.39 is 17.6 Å². The summed E-state index contributed by atoms with van der Waals surface area (Å²) in [7, 11) is 0. The van der Waals surface area contributed by atoms with E-state index in [1.165, 1.54) is 12.1 Å². The van der Waals surface area contributed by atoms with Crippen LogP contribution in [0.2, 0.25) is 0 Å². The first-order valence-electron chi connectivity index (χ1n) is 6.60. The largest absolute Gasteiger partial charge is 0.417 e. The van der Waals surface area contributed by atoms with Gasteiger partial charge in [-0.2, -0.15) is 13.2 Å². The summed E-state index contributed by atoms with van der Waals surface area (Å²) in [5, 5.41) is 2.69. The van der Waals surface area contributed by atoms with Crippen LogP contribution in [0, 0.1) is 5.92 Å². The van der Waals surface area contributed by atoms with Crippen molar-refractivity contribution in [2.24, 2.45) is 5.92 Å². The maximum Gasteiger partial charge on any atom is 0.417 e. The summed E-state index contributed by atoms with van der Waals surface area (Å²) >= 11 is 2.85. The molecule has 1 aliphatic rings. The highest BCUT2D eigenvalue weighted by atomic mass is 79.9. The molecule has 0 aromatic heterocycles. The molecule has 7 heteroatoms. The SMILES string of the molecule is O=C(NCC1CCOCC1)c1ccc(Br)c(C(F)(F)F)c1. The van der Waals surface area contributed by atoms with Gasteiger partial charge < -0.3 is 10.1 Å². The van der Waals surface area contributed by atoms with E-state index in [9.17, 15) is 18.0 Å². The molecule has 1 heterocycles. The van der Waals surface area contributed by atoms with E-state index in [4.69, 9.17) is 4.74 Å². The molecule has 2 rings (SSSR count). The normalized spacial score (nSPS) is 16.8. The second-order valence-corrected chi connectivity index (χ2v) is 5.81. The molecule has 0 saturated carbocycles. The lowest BCUT2D eigenvalue weighted by Crippen LogP contribution is -2.32. The van der Waals surface area contributed by atoms with E-state index in [0.717, 1.165) is 18.9 Å². The number of carbonyl (C=O) groups is 1. The predicted octanol–water partition coefficient (Wildman–Crippen LogP) is 3.62. The third-order valence-electron chi connectivity index (χ3n) is 3.43. The van der Waals surface area contributed by atoms with Crippen LogP contribution in [0.25, 0.3) is 0 Å². The molecule has 3 nitrogen and oxygen atoms in total. The Morgan fingerprint density at radius 1 is 1.33 bits per heavy atom. The highest BCUT2D eigenvalue weighted by Crippen LogP contribution is 2.35. The van der Waals surface area contributed by atoms with Crippen LogP contribution >= 0.6 is 15.9 Å². The number of amides is 1. The van der Waals surface area contributed by atoms with Gasteiger partial charge >= 0.3 is 6.18 Å². The van der Waals surface area contributed by atoms with Crippen LogP contribution < -0.4 is 5.32 Å². The smallest absolute Gasteiger partial charge is 0.381 e. The fourth-order valence-corrected chi connectivity index (χ4v) is 2.64. The lowest BCUT2D eigenvalue weighted by Gasteiger charge is -2.22. The lowest BCUT2D eigenvalue weighted by atomic mass is 10.0. The van der Waals surface area contributed by atoms with Gasteiger partial charge in [0.15, 0.2) is 0 Å². The Bertz CT molecular complexity index is 513. The summed E-state index contributed by atoms with van der Waals surface area (Å²) in [5.41, 5.74) is -0.834. The van der Waals surface area contributed by atoms with Crippen LogP contribution in [-0.4, -0.2) is 25.7 Å². The predicted molar refractivity (Wildman–Crippen MR) is 75.0 cm³/mol. The van der Waals surface area contributed by atoms with Gasteiger partial charge in [-0.1, -0.05) is 15.9 Å². The average molecular weight is 366 g/mol. The third kappa shape index (κ3) is 4.44. The first-order chi connectivity index (χ1) is 9.88. The Morgan fingerprint density at radius 2 is 2.00 bits per heavy atom. The topological polar surface area (TPSA) is 38.3 Å². The van der Waals surface area contributed by atoms with Gasteiger partial charge in [-0.3, -0.25) is 4.79 Å². The Hall–Kier alpha value is -1.08. The minimum absolute atomic E-state index is 0.0117. The summed E-state index contributed by atoms with van der Waals surface area (Å²) in [6.45, 7) is 1.79. The maximum absolute atomic E-state index is 12.8. The van der Waals surface area contributed by atoms with Crippen LogP contribution in [0.4, 0.5) is 13.2 Å². The Kier molecular flexibility index (Phi) is 5.27. The van der Waals surface area contributed by atoms with Crippen molar-refractivity contribution >= 4 is 21.8 Å². The number of benzene rings is 1. The summed E-state index contributed by atoms with van der Waals surface area (Å²) < 4.78 is 43.5. The van der Waals surface area contributed by atoms with Gasteiger partial charge in [-0.15, -0.1) is 0 Å². The van der Waals surface area contributed by atoms with Crippen molar-refractivity contribution in [2.45, 2.75) is 19.0 Å². The van der Waals surface area contributed by atoms with Crippen molar-refractivity contribution in [1.82, 2.24) is 5.32 Å². The molecule has 1 aromatic rings. The summed E-state index contributed by atoms with van der Waals surface area (Å²) in [5.74, 6) is -0.167. The molecule has 116 valence electrons. The second-order valence-electron chi connectivity index (χ2n) is 4.96. The minimum Gasteiger partial charge on any atom is -0.381 e. The molecule has 1 N–H and O–H groups in total. The lowest BCUT2D eigenvalue weighted by molar-refractivity contribution is -0.138. The second kappa shape index (κ2) is 6.79. The van der Waals surface area contributed by atoms with Crippen LogP contribution in [0.15, 0.2) is 22.7 Å². The van der Waals surface area contributed by atoms with Crippen molar-refractivity contribution in [3.05, 3.63) is 33.8 Å². The number of halogens is 4. The number of alkyl halides is 3. The molecular formula is C14H15BrF3NO2. The van der Waals surface area contributed by atoms with Crippen molar-refractivity contribution in [3.63, 3.8) is 0 Å². The summed E-state index contributed by atoms with van der Waals surface area (Å²) in [6, 6.07) is 3.48. The monoisotopic (exact) mass is 365 g/mol. The van der Waals surface area contributed by atoms with Crippen LogP contribution in [0.1, 0.15) is 28.8 Å². The third-order valence-corrected chi connectivity index (χ3v) is 4.12. The van der Waals surface area contributed by atoms with Gasteiger partial charge in [0, 0.05) is 29.8 Å². The van der Waals surface area contributed by atoms with Crippen molar-refractivity contribution in [2.75, 3.05) is 19.8 Å². The molecule has 1 fully saturated rings. The zero-order chi connectivity index (χ0) is 15.5. The Balaban J connectivity index is 2.02. The number of hydrogen-bond donors (Lipinski definition) is 1. The molecule has 0 spiro atoms. The van der Waals surface area contributed by atoms with Crippen LogP contribution in [0.3, 0.4) is 0 Å². The van der Waals surface area contributed by atoms with Gasteiger partial charge in [-0.25, -0.2) is 0 Å². The average Bonchev–Trinajstić information content (AvgIpc) is 2.45.